The maximum atomic E-state index is 12.6. The van der Waals surface area contributed by atoms with E-state index in [-0.39, 0.29) is 24.5 Å². The Morgan fingerprint density at radius 1 is 1.29 bits per heavy atom. The van der Waals surface area contributed by atoms with Gasteiger partial charge >= 0.3 is 0 Å². The number of aliphatic hydroxyl groups excluding tert-OH is 1. The van der Waals surface area contributed by atoms with Gasteiger partial charge in [0.1, 0.15) is 0 Å². The summed E-state index contributed by atoms with van der Waals surface area (Å²) in [7, 11) is 0. The average molecular weight is 326 g/mol. The van der Waals surface area contributed by atoms with Crippen LogP contribution in [0.25, 0.3) is 0 Å². The van der Waals surface area contributed by atoms with Crippen molar-refractivity contribution in [3.05, 3.63) is 53.3 Å². The van der Waals surface area contributed by atoms with E-state index in [1.54, 1.807) is 18.5 Å². The molecule has 1 aromatic carbocycles. The summed E-state index contributed by atoms with van der Waals surface area (Å²) in [6, 6.07) is 7.47. The number of carbonyl (C=O) groups is 1. The van der Waals surface area contributed by atoms with E-state index in [4.69, 9.17) is 0 Å². The lowest BCUT2D eigenvalue weighted by molar-refractivity contribution is 0.0921. The molecule has 1 aliphatic heterocycles. The summed E-state index contributed by atoms with van der Waals surface area (Å²) in [5.74, 6) is 0.484. The molecule has 1 aromatic heterocycles. The molecular weight excluding hydrogens is 304 g/mol. The fraction of sp³-hybridized carbons (Fsp3) is 0.389. The molecule has 1 amide bonds. The van der Waals surface area contributed by atoms with Crippen LogP contribution >= 0.6 is 0 Å². The minimum Gasteiger partial charge on any atom is -0.396 e. The second kappa shape index (κ2) is 6.97. The minimum atomic E-state index is -0.133. The Kier molecular flexibility index (Phi) is 4.76. The van der Waals surface area contributed by atoms with Crippen molar-refractivity contribution < 1.29 is 9.90 Å². The van der Waals surface area contributed by atoms with Crippen molar-refractivity contribution in [2.45, 2.75) is 19.9 Å². The molecule has 2 heterocycles. The number of nitrogens with zero attached hydrogens (tertiary/aromatic N) is 3. The van der Waals surface area contributed by atoms with Gasteiger partial charge in [-0.3, -0.25) is 4.79 Å². The van der Waals surface area contributed by atoms with Gasteiger partial charge in [-0.15, -0.1) is 0 Å². The Morgan fingerprint density at radius 2 is 2.04 bits per heavy atom. The van der Waals surface area contributed by atoms with Crippen LogP contribution in [0, 0.1) is 19.8 Å². The fourth-order valence-corrected chi connectivity index (χ4v) is 3.06. The molecule has 126 valence electrons. The zero-order valence-corrected chi connectivity index (χ0v) is 13.9. The van der Waals surface area contributed by atoms with E-state index < -0.39 is 0 Å². The Morgan fingerprint density at radius 3 is 2.75 bits per heavy atom. The van der Waals surface area contributed by atoms with Gasteiger partial charge in [-0.1, -0.05) is 17.7 Å². The molecular formula is C18H22N4O2. The second-order valence-corrected chi connectivity index (χ2v) is 6.29. The number of amides is 1. The number of aryl methyl sites for hydroxylation is 2. The molecule has 0 spiro atoms. The molecule has 0 radical (unpaired) electrons. The maximum absolute atomic E-state index is 12.6. The number of hydrogen-bond donors (Lipinski definition) is 2. The summed E-state index contributed by atoms with van der Waals surface area (Å²) in [5.41, 5.74) is 2.68. The molecule has 1 fully saturated rings. The van der Waals surface area contributed by atoms with E-state index in [1.165, 1.54) is 0 Å². The molecule has 24 heavy (non-hydrogen) atoms. The third kappa shape index (κ3) is 3.38. The molecule has 0 bridgehead atoms. The van der Waals surface area contributed by atoms with Crippen LogP contribution in [0.15, 0.2) is 36.7 Å². The molecule has 6 heteroatoms. The van der Waals surface area contributed by atoms with Crippen LogP contribution in [0.5, 0.6) is 0 Å². The van der Waals surface area contributed by atoms with Gasteiger partial charge < -0.3 is 15.3 Å². The molecule has 0 aliphatic carbocycles. The molecule has 2 atom stereocenters. The van der Waals surface area contributed by atoms with Gasteiger partial charge in [0.25, 0.3) is 5.91 Å². The van der Waals surface area contributed by atoms with Gasteiger partial charge in [-0.25, -0.2) is 9.97 Å². The first-order valence-electron chi connectivity index (χ1n) is 8.09. The highest BCUT2D eigenvalue weighted by Gasteiger charge is 2.34. The third-order valence-electron chi connectivity index (χ3n) is 4.46. The average Bonchev–Trinajstić information content (AvgIpc) is 3.00. The van der Waals surface area contributed by atoms with Crippen molar-refractivity contribution in [3.8, 4) is 0 Å². The molecule has 1 aliphatic rings. The lowest BCUT2D eigenvalue weighted by Gasteiger charge is -2.18. The summed E-state index contributed by atoms with van der Waals surface area (Å²) in [5, 5.41) is 12.7. The Bertz CT molecular complexity index is 720. The van der Waals surface area contributed by atoms with Gasteiger partial charge in [-0.2, -0.15) is 0 Å². The van der Waals surface area contributed by atoms with E-state index in [2.05, 4.69) is 15.3 Å². The van der Waals surface area contributed by atoms with Crippen LogP contribution in [0.4, 0.5) is 5.95 Å². The first-order valence-corrected chi connectivity index (χ1v) is 8.09. The van der Waals surface area contributed by atoms with Crippen molar-refractivity contribution in [2.75, 3.05) is 24.6 Å². The third-order valence-corrected chi connectivity index (χ3v) is 4.46. The molecule has 2 N–H and O–H groups in total. The first-order chi connectivity index (χ1) is 11.6. The van der Waals surface area contributed by atoms with E-state index in [9.17, 15) is 9.90 Å². The van der Waals surface area contributed by atoms with Crippen LogP contribution in [-0.4, -0.2) is 46.7 Å². The summed E-state index contributed by atoms with van der Waals surface area (Å²) < 4.78 is 0. The maximum Gasteiger partial charge on any atom is 0.251 e. The smallest absolute Gasteiger partial charge is 0.251 e. The topological polar surface area (TPSA) is 78.4 Å². The Hall–Kier alpha value is -2.47. The summed E-state index contributed by atoms with van der Waals surface area (Å²) in [6.45, 7) is 5.12. The quantitative estimate of drug-likeness (QED) is 0.886. The highest BCUT2D eigenvalue weighted by Crippen LogP contribution is 2.21. The molecule has 3 rings (SSSR count). The highest BCUT2D eigenvalue weighted by atomic mass is 16.3. The normalized spacial score (nSPS) is 20.2. The lowest BCUT2D eigenvalue weighted by atomic mass is 10.0. The number of nitrogens with one attached hydrogen (secondary N) is 1. The number of hydrogen-bond acceptors (Lipinski definition) is 5. The minimum absolute atomic E-state index is 0.0150. The summed E-state index contributed by atoms with van der Waals surface area (Å²) >= 11 is 0. The van der Waals surface area contributed by atoms with Crippen LogP contribution in [-0.2, 0) is 0 Å². The second-order valence-electron chi connectivity index (χ2n) is 6.29. The number of benzene rings is 1. The predicted molar refractivity (Wildman–Crippen MR) is 92.0 cm³/mol. The van der Waals surface area contributed by atoms with Gasteiger partial charge in [0.15, 0.2) is 0 Å². The van der Waals surface area contributed by atoms with E-state index in [0.717, 1.165) is 11.1 Å². The van der Waals surface area contributed by atoms with Gasteiger partial charge in [-0.05, 0) is 31.5 Å². The SMILES string of the molecule is Cc1ccc(C)c(C(=O)N[C@@H]2CN(c3ncccn3)C[C@H]2CO)c1. The molecule has 6 nitrogen and oxygen atoms in total. The number of carbonyl (C=O) groups excluding carboxylic acids is 1. The standard InChI is InChI=1S/C18H22N4O2/c1-12-4-5-13(2)15(8-12)17(24)21-16-10-22(9-14(16)11-23)18-19-6-3-7-20-18/h3-8,14,16,23H,9-11H2,1-2H3,(H,21,24)/t14-,16+/m0/s1. The van der Waals surface area contributed by atoms with Crippen molar-refractivity contribution >= 4 is 11.9 Å². The zero-order chi connectivity index (χ0) is 17.1. The van der Waals surface area contributed by atoms with E-state index in [0.29, 0.717) is 24.6 Å². The number of aliphatic hydroxyl groups is 1. The van der Waals surface area contributed by atoms with Gasteiger partial charge in [0.05, 0.1) is 6.04 Å². The monoisotopic (exact) mass is 326 g/mol. The fourth-order valence-electron chi connectivity index (χ4n) is 3.06. The van der Waals surface area contributed by atoms with Crippen LogP contribution in [0.3, 0.4) is 0 Å². The van der Waals surface area contributed by atoms with E-state index in [1.807, 2.05) is 36.9 Å². The molecule has 0 unspecified atom stereocenters. The van der Waals surface area contributed by atoms with Crippen LogP contribution in [0.1, 0.15) is 21.5 Å². The van der Waals surface area contributed by atoms with Crippen molar-refractivity contribution in [1.29, 1.82) is 0 Å². The van der Waals surface area contributed by atoms with Crippen LogP contribution in [0.2, 0.25) is 0 Å². The molecule has 1 saturated heterocycles. The number of rotatable bonds is 4. The number of anilines is 1. The van der Waals surface area contributed by atoms with Crippen LogP contribution < -0.4 is 10.2 Å². The number of aromatic nitrogens is 2. The van der Waals surface area contributed by atoms with Gasteiger partial charge in [0, 0.05) is 43.6 Å². The lowest BCUT2D eigenvalue weighted by Crippen LogP contribution is -2.41. The first kappa shape index (κ1) is 16.4. The largest absolute Gasteiger partial charge is 0.396 e. The van der Waals surface area contributed by atoms with Crippen molar-refractivity contribution in [1.82, 2.24) is 15.3 Å². The van der Waals surface area contributed by atoms with E-state index >= 15 is 0 Å². The molecule has 2 aromatic rings. The van der Waals surface area contributed by atoms with Crippen molar-refractivity contribution in [2.24, 2.45) is 5.92 Å². The Balaban J connectivity index is 1.74. The molecule has 0 saturated carbocycles. The predicted octanol–water partition coefficient (Wildman–Crippen LogP) is 1.32. The van der Waals surface area contributed by atoms with Gasteiger partial charge in [0.2, 0.25) is 5.95 Å². The summed E-state index contributed by atoms with van der Waals surface area (Å²) in [4.78, 5) is 23.1. The zero-order valence-electron chi connectivity index (χ0n) is 13.9. The Labute approximate surface area is 141 Å². The van der Waals surface area contributed by atoms with Crippen molar-refractivity contribution in [3.63, 3.8) is 0 Å². The highest BCUT2D eigenvalue weighted by molar-refractivity contribution is 5.96. The summed E-state index contributed by atoms with van der Waals surface area (Å²) in [6.07, 6.45) is 3.39.